The number of oxazole rings is 1. The molecule has 3 N–H and O–H groups in total. The van der Waals surface area contributed by atoms with E-state index < -0.39 is 20.0 Å². The summed E-state index contributed by atoms with van der Waals surface area (Å²) in [4.78, 5) is 4.39. The number of primary sulfonamides is 1. The van der Waals surface area contributed by atoms with Gasteiger partial charge in [-0.25, -0.2) is 27.0 Å². The van der Waals surface area contributed by atoms with E-state index in [1.54, 1.807) is 30.3 Å². The molecule has 0 aliphatic carbocycles. The predicted octanol–water partition coefficient (Wildman–Crippen LogP) is 3.46. The smallest absolute Gasteiger partial charge is 0.262 e. The van der Waals surface area contributed by atoms with Gasteiger partial charge in [0.15, 0.2) is 5.58 Å². The molecule has 0 aliphatic rings. The summed E-state index contributed by atoms with van der Waals surface area (Å²) in [5.41, 5.74) is 1.17. The molecule has 0 atom stereocenters. The van der Waals surface area contributed by atoms with Gasteiger partial charge in [0, 0.05) is 5.75 Å². The van der Waals surface area contributed by atoms with Crippen LogP contribution in [0.4, 0.5) is 5.69 Å². The zero-order valence-electron chi connectivity index (χ0n) is 18.4. The average molecular weight is 536 g/mol. The fourth-order valence-corrected chi connectivity index (χ4v) is 5.32. The van der Waals surface area contributed by atoms with E-state index in [9.17, 15) is 16.8 Å². The van der Waals surface area contributed by atoms with Crippen LogP contribution in [0, 0.1) is 0 Å². The number of nitrogens with two attached hydrogens (primary N) is 1. The van der Waals surface area contributed by atoms with Crippen molar-refractivity contribution in [3.8, 4) is 11.5 Å². The third-order valence-corrected chi connectivity index (χ3v) is 7.82. The Morgan fingerprint density at radius 1 is 1.00 bits per heavy atom. The Morgan fingerprint density at radius 3 is 2.43 bits per heavy atom. The second kappa shape index (κ2) is 10.2. The molecule has 1 heterocycles. The number of ether oxygens (including phenoxy) is 2. The van der Waals surface area contributed by atoms with Gasteiger partial charge in [-0.1, -0.05) is 23.9 Å². The molecule has 10 nitrogen and oxygen atoms in total. The summed E-state index contributed by atoms with van der Waals surface area (Å²) in [6.07, 6.45) is 0. The fraction of sp³-hybridized carbons (Fsp3) is 0.136. The molecule has 0 radical (unpaired) electrons. The van der Waals surface area contributed by atoms with E-state index in [4.69, 9.17) is 19.0 Å². The van der Waals surface area contributed by atoms with Gasteiger partial charge in [0.2, 0.25) is 10.0 Å². The third kappa shape index (κ3) is 6.06. The maximum Gasteiger partial charge on any atom is 0.262 e. The zero-order valence-corrected chi connectivity index (χ0v) is 20.8. The summed E-state index contributed by atoms with van der Waals surface area (Å²) in [7, 11) is -6.17. The summed E-state index contributed by atoms with van der Waals surface area (Å²) in [6.45, 7) is 0.306. The Morgan fingerprint density at radius 2 is 1.71 bits per heavy atom. The van der Waals surface area contributed by atoms with Gasteiger partial charge in [-0.3, -0.25) is 4.72 Å². The van der Waals surface area contributed by atoms with Gasteiger partial charge in [-0.2, -0.15) is 0 Å². The van der Waals surface area contributed by atoms with Gasteiger partial charge in [0.05, 0.1) is 29.2 Å². The molecule has 0 unspecified atom stereocenters. The van der Waals surface area contributed by atoms with E-state index in [1.165, 1.54) is 55.3 Å². The second-order valence-electron chi connectivity index (χ2n) is 7.13. The molecule has 0 fully saturated rings. The van der Waals surface area contributed by atoms with Crippen LogP contribution in [0.2, 0.25) is 0 Å². The van der Waals surface area contributed by atoms with E-state index in [2.05, 4.69) is 9.71 Å². The molecule has 3 aromatic carbocycles. The van der Waals surface area contributed by atoms with Crippen LogP contribution in [0.15, 0.2) is 86.2 Å². The number of rotatable bonds is 10. The quantitative estimate of drug-likeness (QED) is 0.230. The van der Waals surface area contributed by atoms with Crippen LogP contribution in [0.5, 0.6) is 11.5 Å². The molecule has 0 saturated heterocycles. The van der Waals surface area contributed by atoms with Crippen molar-refractivity contribution in [3.63, 3.8) is 0 Å². The highest BCUT2D eigenvalue weighted by atomic mass is 32.2. The minimum absolute atomic E-state index is 0.00481. The summed E-state index contributed by atoms with van der Waals surface area (Å²) in [6, 6.07) is 16.9. The Kier molecular flexibility index (Phi) is 7.21. The lowest BCUT2D eigenvalue weighted by Gasteiger charge is -2.11. The Balaban J connectivity index is 1.38. The first-order chi connectivity index (χ1) is 16.7. The number of aromatic nitrogens is 1. The highest BCUT2D eigenvalue weighted by Crippen LogP contribution is 2.29. The lowest BCUT2D eigenvalue weighted by atomic mass is 10.3. The largest absolute Gasteiger partial charge is 0.495 e. The summed E-state index contributed by atoms with van der Waals surface area (Å²) in [5.74, 6) is 1.39. The lowest BCUT2D eigenvalue weighted by Crippen LogP contribution is -2.13. The number of hydrogen-bond acceptors (Lipinski definition) is 9. The summed E-state index contributed by atoms with van der Waals surface area (Å²) < 4.78 is 67.3. The van der Waals surface area contributed by atoms with Crippen molar-refractivity contribution in [2.45, 2.75) is 15.0 Å². The van der Waals surface area contributed by atoms with Gasteiger partial charge < -0.3 is 13.9 Å². The van der Waals surface area contributed by atoms with E-state index in [1.807, 2.05) is 0 Å². The van der Waals surface area contributed by atoms with Crippen molar-refractivity contribution >= 4 is 48.6 Å². The van der Waals surface area contributed by atoms with Crippen molar-refractivity contribution in [3.05, 3.63) is 66.7 Å². The van der Waals surface area contributed by atoms with E-state index >= 15 is 0 Å². The van der Waals surface area contributed by atoms with Crippen molar-refractivity contribution in [2.75, 3.05) is 24.2 Å². The number of fused-ring (bicyclic) bond motifs is 1. The van der Waals surface area contributed by atoms with Crippen LogP contribution in [-0.2, 0) is 20.0 Å². The number of nitrogens with one attached hydrogen (secondary N) is 1. The number of anilines is 1. The monoisotopic (exact) mass is 535 g/mol. The number of benzene rings is 3. The average Bonchev–Trinajstić information content (AvgIpc) is 3.24. The number of para-hydroxylation sites is 2. The van der Waals surface area contributed by atoms with Crippen LogP contribution in [-0.4, -0.2) is 41.3 Å². The summed E-state index contributed by atoms with van der Waals surface area (Å²) >= 11 is 1.29. The number of methoxy groups -OCH3 is 1. The number of thioether (sulfide) groups is 1. The number of sulfonamides is 2. The van der Waals surface area contributed by atoms with Crippen LogP contribution in [0.3, 0.4) is 0 Å². The lowest BCUT2D eigenvalue weighted by molar-refractivity contribution is 0.343. The molecular weight excluding hydrogens is 514 g/mol. The Hall–Kier alpha value is -3.26. The van der Waals surface area contributed by atoms with Gasteiger partial charge in [-0.15, -0.1) is 0 Å². The van der Waals surface area contributed by atoms with Crippen molar-refractivity contribution in [2.24, 2.45) is 5.14 Å². The normalized spacial score (nSPS) is 11.9. The van der Waals surface area contributed by atoms with Gasteiger partial charge in [-0.05, 0) is 54.6 Å². The van der Waals surface area contributed by atoms with Crippen LogP contribution in [0.1, 0.15) is 0 Å². The minimum Gasteiger partial charge on any atom is -0.495 e. The standard InChI is InChI=1S/C22H21N3O7S3/c1-30-20-5-3-2-4-18(20)25-35(28,29)17-10-11-21-19(14-17)24-22(32-21)33-13-12-31-15-6-8-16(9-7-15)34(23,26)27/h2-11,14,25H,12-13H2,1H3,(H2,23,26,27). The molecular formula is C22H21N3O7S3. The van der Waals surface area contributed by atoms with Crippen LogP contribution < -0.4 is 19.3 Å². The number of nitrogens with zero attached hydrogens (tertiary/aromatic N) is 1. The first-order valence-corrected chi connectivity index (χ1v) is 14.1. The van der Waals surface area contributed by atoms with Gasteiger partial charge in [0.25, 0.3) is 15.2 Å². The number of hydrogen-bond donors (Lipinski definition) is 2. The second-order valence-corrected chi connectivity index (χ2v) is 11.4. The molecule has 1 aromatic heterocycles. The first kappa shape index (κ1) is 24.9. The molecule has 4 aromatic rings. The maximum atomic E-state index is 12.9. The van der Waals surface area contributed by atoms with E-state index in [0.29, 0.717) is 45.9 Å². The highest BCUT2D eigenvalue weighted by molar-refractivity contribution is 7.99. The molecule has 0 spiro atoms. The van der Waals surface area contributed by atoms with Gasteiger partial charge >= 0.3 is 0 Å². The first-order valence-electron chi connectivity index (χ1n) is 10.1. The molecule has 0 amide bonds. The van der Waals surface area contributed by atoms with Crippen molar-refractivity contribution in [1.82, 2.24) is 4.98 Å². The van der Waals surface area contributed by atoms with Crippen LogP contribution in [0.25, 0.3) is 11.1 Å². The zero-order chi connectivity index (χ0) is 25.1. The highest BCUT2D eigenvalue weighted by Gasteiger charge is 2.18. The topological polar surface area (TPSA) is 151 Å². The molecule has 0 aliphatic heterocycles. The van der Waals surface area contributed by atoms with Crippen molar-refractivity contribution in [1.29, 1.82) is 0 Å². The van der Waals surface area contributed by atoms with Crippen molar-refractivity contribution < 1.29 is 30.7 Å². The third-order valence-electron chi connectivity index (χ3n) is 4.73. The summed E-state index contributed by atoms with van der Waals surface area (Å²) in [5, 5.41) is 5.43. The molecule has 184 valence electrons. The van der Waals surface area contributed by atoms with Gasteiger partial charge in [0.1, 0.15) is 17.0 Å². The van der Waals surface area contributed by atoms with E-state index in [0.717, 1.165) is 0 Å². The maximum absolute atomic E-state index is 12.9. The molecule has 35 heavy (non-hydrogen) atoms. The Labute approximate surface area is 206 Å². The Bertz CT molecular complexity index is 1550. The fourth-order valence-electron chi connectivity index (χ4n) is 3.06. The predicted molar refractivity (Wildman–Crippen MR) is 132 cm³/mol. The molecule has 13 heteroatoms. The van der Waals surface area contributed by atoms with E-state index in [-0.39, 0.29) is 9.79 Å². The molecule has 0 saturated carbocycles. The molecule has 4 rings (SSSR count). The van der Waals surface area contributed by atoms with Crippen LogP contribution >= 0.6 is 11.8 Å². The minimum atomic E-state index is -3.88. The molecule has 0 bridgehead atoms. The SMILES string of the molecule is COc1ccccc1NS(=O)(=O)c1ccc2oc(SCCOc3ccc(S(N)(=O)=O)cc3)nc2c1.